The molecular weight excluding hydrogens is 438 g/mol. The Morgan fingerprint density at radius 2 is 2.03 bits per heavy atom. The van der Waals surface area contributed by atoms with Crippen molar-refractivity contribution in [3.63, 3.8) is 0 Å². The Balaban J connectivity index is 1.54. The number of nitrogens with zero attached hydrogens (tertiary/aromatic N) is 4. The number of aryl methyl sites for hydroxylation is 2. The van der Waals surface area contributed by atoms with Crippen LogP contribution in [-0.4, -0.2) is 47.4 Å². The lowest BCUT2D eigenvalue weighted by molar-refractivity contribution is 0.152. The van der Waals surface area contributed by atoms with Crippen molar-refractivity contribution in [3.8, 4) is 11.1 Å². The predicted octanol–water partition coefficient (Wildman–Crippen LogP) is 4.68. The number of nitrogens with one attached hydrogen (secondary N) is 2. The minimum Gasteiger partial charge on any atom is -0.383 e. The first-order valence-corrected chi connectivity index (χ1v) is 11.5. The molecule has 5 rings (SSSR count). The monoisotopic (exact) mass is 466 g/mol. The van der Waals surface area contributed by atoms with Crippen molar-refractivity contribution in [2.45, 2.75) is 25.8 Å². The van der Waals surface area contributed by atoms with E-state index in [1.54, 1.807) is 42.1 Å². The largest absolute Gasteiger partial charge is 0.383 e. The highest BCUT2D eigenvalue weighted by molar-refractivity contribution is 5.78. The highest BCUT2D eigenvalue weighted by atomic mass is 19.3. The summed E-state index contributed by atoms with van der Waals surface area (Å²) < 4.78 is 29.9. The molecule has 0 bridgehead atoms. The van der Waals surface area contributed by atoms with Gasteiger partial charge < -0.3 is 20.4 Å². The first kappa shape index (κ1) is 22.2. The van der Waals surface area contributed by atoms with Crippen LogP contribution in [0.4, 0.5) is 30.6 Å². The summed E-state index contributed by atoms with van der Waals surface area (Å²) in [5.41, 5.74) is 6.06. The van der Waals surface area contributed by atoms with Crippen LogP contribution in [0.1, 0.15) is 29.5 Å². The normalized spacial score (nSPS) is 15.4. The van der Waals surface area contributed by atoms with E-state index in [4.69, 9.17) is 0 Å². The fourth-order valence-electron chi connectivity index (χ4n) is 4.90. The molecule has 7 nitrogen and oxygen atoms in total. The molecular formula is C25H28F2N6O. The molecule has 2 aliphatic heterocycles. The van der Waals surface area contributed by atoms with Crippen LogP contribution in [0.5, 0.6) is 0 Å². The fourth-order valence-corrected chi connectivity index (χ4v) is 4.90. The zero-order valence-corrected chi connectivity index (χ0v) is 19.3. The summed E-state index contributed by atoms with van der Waals surface area (Å²) in [5, 5.41) is 10.2. The maximum Gasteiger partial charge on any atom is 0.317 e. The van der Waals surface area contributed by atoms with E-state index in [-0.39, 0.29) is 11.6 Å². The second-order valence-electron chi connectivity index (χ2n) is 8.77. The van der Waals surface area contributed by atoms with Crippen LogP contribution in [0.2, 0.25) is 0 Å². The standard InChI is InChI=1S/C25H28F2N6O/c1-28-25(34)32-9-7-29-22-6-5-19(10-17(22)15-32)33-8-3-4-16-11-20(18-13-30-31(2)14-18)21(24(26)27)12-23(16)33/h5-6,10-14,24,29H,3-4,7-9,15H2,1-2H3,(H,28,34). The van der Waals surface area contributed by atoms with Gasteiger partial charge in [0.05, 0.1) is 6.20 Å². The number of hydrogen-bond donors (Lipinski definition) is 2. The minimum atomic E-state index is -2.60. The zero-order chi connectivity index (χ0) is 23.8. The van der Waals surface area contributed by atoms with E-state index in [1.807, 2.05) is 18.2 Å². The molecule has 0 fully saturated rings. The lowest BCUT2D eigenvalue weighted by Crippen LogP contribution is -2.38. The first-order chi connectivity index (χ1) is 16.4. The second-order valence-corrected chi connectivity index (χ2v) is 8.77. The van der Waals surface area contributed by atoms with Gasteiger partial charge in [0.15, 0.2) is 0 Å². The van der Waals surface area contributed by atoms with Gasteiger partial charge in [0.25, 0.3) is 6.43 Å². The third-order valence-electron chi connectivity index (χ3n) is 6.58. The molecule has 0 saturated carbocycles. The molecule has 0 spiro atoms. The minimum absolute atomic E-state index is 0.0147. The van der Waals surface area contributed by atoms with Crippen LogP contribution >= 0.6 is 0 Å². The van der Waals surface area contributed by atoms with Crippen LogP contribution in [0, 0.1) is 0 Å². The molecule has 0 radical (unpaired) electrons. The molecule has 178 valence electrons. The van der Waals surface area contributed by atoms with Gasteiger partial charge in [-0.3, -0.25) is 4.68 Å². The van der Waals surface area contributed by atoms with Crippen LogP contribution in [0.15, 0.2) is 42.7 Å². The molecule has 34 heavy (non-hydrogen) atoms. The van der Waals surface area contributed by atoms with Gasteiger partial charge in [-0.1, -0.05) is 0 Å². The Bertz CT molecular complexity index is 1220. The van der Waals surface area contributed by atoms with Gasteiger partial charge >= 0.3 is 6.03 Å². The van der Waals surface area contributed by atoms with E-state index in [9.17, 15) is 13.6 Å². The molecule has 2 aliphatic rings. The number of fused-ring (bicyclic) bond motifs is 2. The molecule has 3 heterocycles. The number of anilines is 3. The van der Waals surface area contributed by atoms with Crippen molar-refractivity contribution in [1.82, 2.24) is 20.0 Å². The lowest BCUT2D eigenvalue weighted by atomic mass is 9.92. The number of carbonyl (C=O) groups is 1. The number of hydrogen-bond acceptors (Lipinski definition) is 4. The number of halogens is 2. The van der Waals surface area contributed by atoms with Crippen molar-refractivity contribution in [3.05, 3.63) is 59.4 Å². The van der Waals surface area contributed by atoms with Gasteiger partial charge in [0.2, 0.25) is 0 Å². The van der Waals surface area contributed by atoms with Gasteiger partial charge in [-0.25, -0.2) is 13.6 Å². The van der Waals surface area contributed by atoms with Crippen molar-refractivity contribution in [2.24, 2.45) is 7.05 Å². The summed E-state index contributed by atoms with van der Waals surface area (Å²) >= 11 is 0. The van der Waals surface area contributed by atoms with Crippen LogP contribution in [0.3, 0.4) is 0 Å². The average molecular weight is 467 g/mol. The number of benzene rings is 2. The Morgan fingerprint density at radius 3 is 2.76 bits per heavy atom. The van der Waals surface area contributed by atoms with E-state index in [0.717, 1.165) is 47.6 Å². The molecule has 0 atom stereocenters. The number of rotatable bonds is 3. The third-order valence-corrected chi connectivity index (χ3v) is 6.58. The summed E-state index contributed by atoms with van der Waals surface area (Å²) in [4.78, 5) is 16.1. The van der Waals surface area contributed by atoms with Gasteiger partial charge in [0.1, 0.15) is 0 Å². The number of urea groups is 1. The van der Waals surface area contributed by atoms with Gasteiger partial charge in [-0.2, -0.15) is 5.10 Å². The Labute approximate surface area is 197 Å². The molecule has 2 amide bonds. The van der Waals surface area contributed by atoms with Crippen LogP contribution in [0.25, 0.3) is 11.1 Å². The second kappa shape index (κ2) is 8.96. The smallest absolute Gasteiger partial charge is 0.317 e. The van der Waals surface area contributed by atoms with Crippen molar-refractivity contribution >= 4 is 23.1 Å². The number of amides is 2. The average Bonchev–Trinajstić information content (AvgIpc) is 3.16. The van der Waals surface area contributed by atoms with E-state index in [2.05, 4.69) is 26.7 Å². The summed E-state index contributed by atoms with van der Waals surface area (Å²) in [5.74, 6) is 0. The van der Waals surface area contributed by atoms with E-state index in [0.29, 0.717) is 30.8 Å². The SMILES string of the molecule is CNC(=O)N1CCNc2ccc(N3CCCc4cc(-c5cnn(C)c5)c(C(F)F)cc43)cc2C1. The van der Waals surface area contributed by atoms with Gasteiger partial charge in [0, 0.05) is 74.7 Å². The highest BCUT2D eigenvalue weighted by Gasteiger charge is 2.26. The molecule has 2 aromatic carbocycles. The summed E-state index contributed by atoms with van der Waals surface area (Å²) in [6.07, 6.45) is 2.56. The van der Waals surface area contributed by atoms with Gasteiger partial charge in [-0.05, 0) is 59.9 Å². The summed E-state index contributed by atoms with van der Waals surface area (Å²) in [7, 11) is 3.41. The summed E-state index contributed by atoms with van der Waals surface area (Å²) in [6.45, 7) is 2.50. The van der Waals surface area contributed by atoms with E-state index < -0.39 is 6.43 Å². The predicted molar refractivity (Wildman–Crippen MR) is 129 cm³/mol. The quantitative estimate of drug-likeness (QED) is 0.589. The molecule has 1 aromatic heterocycles. The molecule has 2 N–H and O–H groups in total. The molecule has 0 unspecified atom stereocenters. The fraction of sp³-hybridized carbons (Fsp3) is 0.360. The number of aromatic nitrogens is 2. The Morgan fingerprint density at radius 1 is 1.18 bits per heavy atom. The van der Waals surface area contributed by atoms with E-state index in [1.165, 1.54) is 0 Å². The molecule has 0 saturated heterocycles. The first-order valence-electron chi connectivity index (χ1n) is 11.5. The topological polar surface area (TPSA) is 65.4 Å². The number of alkyl halides is 2. The van der Waals surface area contributed by atoms with Crippen molar-refractivity contribution in [2.75, 3.05) is 36.9 Å². The lowest BCUT2D eigenvalue weighted by Gasteiger charge is -2.33. The molecule has 0 aliphatic carbocycles. The molecule has 3 aromatic rings. The Kier molecular flexibility index (Phi) is 5.85. The van der Waals surface area contributed by atoms with E-state index >= 15 is 0 Å². The Hall–Kier alpha value is -3.62. The van der Waals surface area contributed by atoms with Crippen LogP contribution in [-0.2, 0) is 20.0 Å². The molecule has 9 heteroatoms. The van der Waals surface area contributed by atoms with Crippen molar-refractivity contribution in [1.29, 1.82) is 0 Å². The maximum atomic E-state index is 14.1. The van der Waals surface area contributed by atoms with Crippen molar-refractivity contribution < 1.29 is 13.6 Å². The van der Waals surface area contributed by atoms with Crippen LogP contribution < -0.4 is 15.5 Å². The summed E-state index contributed by atoms with van der Waals surface area (Å²) in [6, 6.07) is 9.53. The maximum absolute atomic E-state index is 14.1. The highest BCUT2D eigenvalue weighted by Crippen LogP contribution is 2.42. The third kappa shape index (κ3) is 4.06. The van der Waals surface area contributed by atoms with Gasteiger partial charge in [-0.15, -0.1) is 0 Å². The zero-order valence-electron chi connectivity index (χ0n) is 19.3. The number of carbonyl (C=O) groups excluding carboxylic acids is 1.